The number of methoxy groups -OCH3 is 1. The Morgan fingerprint density at radius 3 is 2.29 bits per heavy atom. The number of halogens is 3. The Morgan fingerprint density at radius 2 is 1.71 bits per heavy atom. The van der Waals surface area contributed by atoms with E-state index in [9.17, 15) is 12.9 Å². The first-order valence-electron chi connectivity index (χ1n) is 5.89. The van der Waals surface area contributed by atoms with Crippen molar-refractivity contribution in [3.8, 4) is 11.5 Å². The van der Waals surface area contributed by atoms with Gasteiger partial charge in [0.05, 0.1) is 13.3 Å². The van der Waals surface area contributed by atoms with E-state index in [-0.39, 0.29) is 63.7 Å². The number of hydrogen-bond donors (Lipinski definition) is 0. The first-order chi connectivity index (χ1) is 9.49. The molecule has 0 N–H and O–H groups in total. The van der Waals surface area contributed by atoms with Gasteiger partial charge in [-0.05, 0) is 23.8 Å². The van der Waals surface area contributed by atoms with Gasteiger partial charge in [-0.25, -0.2) is 0 Å². The molecule has 0 spiro atoms. The van der Waals surface area contributed by atoms with E-state index in [2.05, 4.69) is 4.98 Å². The molecule has 1 aromatic carbocycles. The number of ether oxygens (including phenoxy) is 2. The van der Waals surface area contributed by atoms with Crippen molar-refractivity contribution >= 4 is 12.4 Å². The molecule has 1 heterocycles. The van der Waals surface area contributed by atoms with Crippen LogP contribution in [0, 0.1) is 0 Å². The smallest absolute Gasteiger partial charge is 0.497 e. The Labute approximate surface area is 163 Å². The number of nitrogens with zero attached hydrogens (tertiary/aromatic N) is 1. The molecule has 0 bridgehead atoms. The van der Waals surface area contributed by atoms with Crippen molar-refractivity contribution in [2.45, 2.75) is 6.61 Å². The molecule has 3 nitrogen and oxygen atoms in total. The third-order valence-corrected chi connectivity index (χ3v) is 2.68. The van der Waals surface area contributed by atoms with Gasteiger partial charge >= 0.3 is 58.4 Å². The summed E-state index contributed by atoms with van der Waals surface area (Å²) in [5.41, 5.74) is 0.0611. The fraction of sp³-hybridized carbons (Fsp3) is 0.154. The summed E-state index contributed by atoms with van der Waals surface area (Å²) in [7, 11) is 1.56. The standard InChI is InChI=1S/C13H12BF3NO2.K/c1-19-12-4-2-10(3-5-12)9-20-13-6-11(7-18-8-13)14(15,16)17;/h2-8H,9H2,1H3;/q-1;+1. The average Bonchev–Trinajstić information content (AvgIpc) is 2.45. The van der Waals surface area contributed by atoms with Crippen LogP contribution in [-0.2, 0) is 6.61 Å². The van der Waals surface area contributed by atoms with Crippen LogP contribution in [0.5, 0.6) is 11.5 Å². The molecule has 8 heteroatoms. The average molecular weight is 321 g/mol. The number of hydrogen-bond acceptors (Lipinski definition) is 3. The predicted molar refractivity (Wildman–Crippen MR) is 70.3 cm³/mol. The molecule has 0 saturated carbocycles. The van der Waals surface area contributed by atoms with Gasteiger partial charge in [-0.1, -0.05) is 17.6 Å². The van der Waals surface area contributed by atoms with Gasteiger partial charge in [-0.15, -0.1) is 0 Å². The van der Waals surface area contributed by atoms with E-state index >= 15 is 0 Å². The van der Waals surface area contributed by atoms with Crippen LogP contribution in [-0.4, -0.2) is 19.1 Å². The molecule has 106 valence electrons. The molecular formula is C13H12BF3KNO2. The van der Waals surface area contributed by atoms with Crippen LogP contribution in [0.1, 0.15) is 5.56 Å². The van der Waals surface area contributed by atoms with E-state index in [0.29, 0.717) is 5.75 Å². The van der Waals surface area contributed by atoms with Gasteiger partial charge in [0.1, 0.15) is 18.1 Å². The van der Waals surface area contributed by atoms with Crippen molar-refractivity contribution in [2.75, 3.05) is 7.11 Å². The van der Waals surface area contributed by atoms with Gasteiger partial charge in [0.25, 0.3) is 0 Å². The van der Waals surface area contributed by atoms with Gasteiger partial charge < -0.3 is 22.4 Å². The van der Waals surface area contributed by atoms with Gasteiger partial charge in [-0.2, -0.15) is 0 Å². The van der Waals surface area contributed by atoms with Gasteiger partial charge in [0.2, 0.25) is 0 Å². The molecule has 2 rings (SSSR count). The molecule has 0 atom stereocenters. The second kappa shape index (κ2) is 8.19. The van der Waals surface area contributed by atoms with Crippen molar-refractivity contribution in [1.82, 2.24) is 4.98 Å². The maximum Gasteiger partial charge on any atom is 1.00 e. The molecule has 21 heavy (non-hydrogen) atoms. The Balaban J connectivity index is 0.00000220. The Hall–Kier alpha value is -0.539. The SMILES string of the molecule is COc1ccc(COc2cncc([B-](F)(F)F)c2)cc1.[K+]. The number of aromatic nitrogens is 1. The normalized spacial score (nSPS) is 10.7. The van der Waals surface area contributed by atoms with Crippen LogP contribution in [0.4, 0.5) is 12.9 Å². The third-order valence-electron chi connectivity index (χ3n) is 2.68. The molecule has 0 fully saturated rings. The molecule has 0 aliphatic rings. The fourth-order valence-electron chi connectivity index (χ4n) is 1.58. The minimum absolute atomic E-state index is 0. The van der Waals surface area contributed by atoms with Crippen LogP contribution in [0.15, 0.2) is 42.7 Å². The molecule has 1 aromatic heterocycles. The maximum atomic E-state index is 12.6. The van der Waals surface area contributed by atoms with E-state index in [1.54, 1.807) is 31.4 Å². The van der Waals surface area contributed by atoms with E-state index in [0.717, 1.165) is 17.8 Å². The van der Waals surface area contributed by atoms with Crippen molar-refractivity contribution in [3.63, 3.8) is 0 Å². The molecule has 0 amide bonds. The number of pyridine rings is 1. The van der Waals surface area contributed by atoms with Gasteiger partial charge in [0, 0.05) is 6.20 Å². The first-order valence-corrected chi connectivity index (χ1v) is 5.89. The third kappa shape index (κ3) is 5.63. The summed E-state index contributed by atoms with van der Waals surface area (Å²) in [6.07, 6.45) is 2.05. The summed E-state index contributed by atoms with van der Waals surface area (Å²) in [6.45, 7) is -4.90. The second-order valence-corrected chi connectivity index (χ2v) is 4.17. The molecule has 0 aliphatic heterocycles. The van der Waals surface area contributed by atoms with Crippen molar-refractivity contribution in [2.24, 2.45) is 0 Å². The maximum absolute atomic E-state index is 12.6. The van der Waals surface area contributed by atoms with Crippen molar-refractivity contribution in [1.29, 1.82) is 0 Å². The predicted octanol–water partition coefficient (Wildman–Crippen LogP) is -0.272. The summed E-state index contributed by atoms with van der Waals surface area (Å²) < 4.78 is 48.0. The zero-order chi connectivity index (χ0) is 14.6. The minimum Gasteiger partial charge on any atom is -0.497 e. The van der Waals surface area contributed by atoms with Crippen LogP contribution < -0.4 is 66.3 Å². The van der Waals surface area contributed by atoms with Gasteiger partial charge in [-0.3, -0.25) is 4.98 Å². The van der Waals surface area contributed by atoms with E-state index in [4.69, 9.17) is 9.47 Å². The fourth-order valence-corrected chi connectivity index (χ4v) is 1.58. The van der Waals surface area contributed by atoms with E-state index in [1.807, 2.05) is 0 Å². The summed E-state index contributed by atoms with van der Waals surface area (Å²) in [5.74, 6) is 0.801. The molecular weight excluding hydrogens is 309 g/mol. The van der Waals surface area contributed by atoms with Crippen LogP contribution in [0.2, 0.25) is 0 Å². The van der Waals surface area contributed by atoms with Crippen LogP contribution in [0.25, 0.3) is 0 Å². The van der Waals surface area contributed by atoms with E-state index < -0.39 is 12.4 Å². The zero-order valence-electron chi connectivity index (χ0n) is 11.7. The Kier molecular flexibility index (Phi) is 7.22. The van der Waals surface area contributed by atoms with Crippen molar-refractivity contribution in [3.05, 3.63) is 48.3 Å². The van der Waals surface area contributed by atoms with E-state index in [1.165, 1.54) is 6.20 Å². The topological polar surface area (TPSA) is 31.4 Å². The molecule has 0 aliphatic carbocycles. The quantitative estimate of drug-likeness (QED) is 0.711. The monoisotopic (exact) mass is 321 g/mol. The molecule has 0 unspecified atom stereocenters. The summed E-state index contributed by atoms with van der Waals surface area (Å²) in [5, 5.41) is 0. The summed E-state index contributed by atoms with van der Waals surface area (Å²) in [4.78, 5) is 3.54. The Bertz CT molecular complexity index is 578. The first kappa shape index (κ1) is 18.5. The summed E-state index contributed by atoms with van der Waals surface area (Å²) >= 11 is 0. The zero-order valence-corrected chi connectivity index (χ0v) is 14.8. The molecule has 0 saturated heterocycles. The largest absolute Gasteiger partial charge is 1.00 e. The van der Waals surface area contributed by atoms with Crippen LogP contribution in [0.3, 0.4) is 0 Å². The second-order valence-electron chi connectivity index (χ2n) is 4.17. The number of rotatable bonds is 5. The van der Waals surface area contributed by atoms with Gasteiger partial charge in [0.15, 0.2) is 0 Å². The molecule has 0 radical (unpaired) electrons. The minimum atomic E-state index is -5.06. The molecule has 2 aromatic rings. The number of benzene rings is 1. The van der Waals surface area contributed by atoms with Crippen molar-refractivity contribution < 1.29 is 73.8 Å². The van der Waals surface area contributed by atoms with Crippen LogP contribution >= 0.6 is 0 Å². The summed E-state index contributed by atoms with van der Waals surface area (Å²) in [6, 6.07) is 8.03. The Morgan fingerprint density at radius 1 is 1.05 bits per heavy atom.